The number of aromatic nitrogens is 3. The van der Waals surface area contributed by atoms with E-state index in [0.717, 1.165) is 18.5 Å². The van der Waals surface area contributed by atoms with Crippen LogP contribution in [0.3, 0.4) is 0 Å². The molecule has 0 bridgehead atoms. The Labute approximate surface area is 208 Å². The number of ether oxygens (including phenoxy) is 1. The molecule has 1 aliphatic heterocycles. The molecule has 2 aromatic heterocycles. The van der Waals surface area contributed by atoms with Crippen molar-refractivity contribution in [3.8, 4) is 5.75 Å². The van der Waals surface area contributed by atoms with E-state index < -0.39 is 29.1 Å². The maximum atomic E-state index is 14.3. The molecule has 0 atom stereocenters. The lowest BCUT2D eigenvalue weighted by Crippen LogP contribution is -2.38. The molecule has 0 unspecified atom stereocenters. The molecular weight excluding hydrogens is 495 g/mol. The number of piperidine rings is 1. The lowest BCUT2D eigenvalue weighted by Gasteiger charge is -2.34. The monoisotopic (exact) mass is 518 g/mol. The van der Waals surface area contributed by atoms with E-state index in [4.69, 9.17) is 4.74 Å². The van der Waals surface area contributed by atoms with Gasteiger partial charge in [0, 0.05) is 37.1 Å². The van der Waals surface area contributed by atoms with Crippen LogP contribution in [0.25, 0.3) is 11.0 Å². The molecular formula is C26H23F5N4O2. The number of alkyl halides is 3. The number of halogens is 5. The molecule has 1 fully saturated rings. The number of nitrogens with zero attached hydrogens (tertiary/aromatic N) is 4. The van der Waals surface area contributed by atoms with Gasteiger partial charge in [-0.25, -0.2) is 13.6 Å². The molecule has 1 saturated heterocycles. The van der Waals surface area contributed by atoms with Gasteiger partial charge in [-0.1, -0.05) is 12.1 Å². The van der Waals surface area contributed by atoms with Crippen LogP contribution in [0.5, 0.6) is 5.75 Å². The van der Waals surface area contributed by atoms with E-state index in [2.05, 4.69) is 4.98 Å². The number of hydrogen-bond donors (Lipinski definition) is 0. The maximum absolute atomic E-state index is 14.3. The quantitative estimate of drug-likeness (QED) is 0.333. The summed E-state index contributed by atoms with van der Waals surface area (Å²) in [6.07, 6.45) is -1.63. The summed E-state index contributed by atoms with van der Waals surface area (Å²) in [5, 5.41) is 0. The van der Waals surface area contributed by atoms with E-state index in [1.165, 1.54) is 29.9 Å². The summed E-state index contributed by atoms with van der Waals surface area (Å²) in [5.41, 5.74) is -0.732. The zero-order chi connectivity index (χ0) is 26.3. The Hall–Kier alpha value is -3.89. The lowest BCUT2D eigenvalue weighted by atomic mass is 10.0. The first-order valence-corrected chi connectivity index (χ1v) is 11.7. The van der Waals surface area contributed by atoms with Crippen molar-refractivity contribution in [1.82, 2.24) is 14.1 Å². The van der Waals surface area contributed by atoms with Gasteiger partial charge in [-0.15, -0.1) is 0 Å². The molecule has 37 heavy (non-hydrogen) atoms. The van der Waals surface area contributed by atoms with E-state index in [9.17, 15) is 26.7 Å². The van der Waals surface area contributed by atoms with Crippen molar-refractivity contribution in [2.75, 3.05) is 25.1 Å². The molecule has 0 aliphatic carbocycles. The van der Waals surface area contributed by atoms with Crippen LogP contribution in [-0.2, 0) is 12.7 Å². The first-order valence-electron chi connectivity index (χ1n) is 11.7. The van der Waals surface area contributed by atoms with Crippen molar-refractivity contribution in [2.45, 2.75) is 31.6 Å². The minimum atomic E-state index is -4.61. The molecule has 0 spiro atoms. The van der Waals surface area contributed by atoms with E-state index >= 15 is 0 Å². The number of fused-ring (bicyclic) bond motifs is 1. The van der Waals surface area contributed by atoms with Crippen LogP contribution < -0.4 is 15.3 Å². The van der Waals surface area contributed by atoms with Crippen molar-refractivity contribution in [3.05, 3.63) is 88.1 Å². The van der Waals surface area contributed by atoms with Gasteiger partial charge in [-0.05, 0) is 43.2 Å². The fourth-order valence-electron chi connectivity index (χ4n) is 5.11. The van der Waals surface area contributed by atoms with Crippen LogP contribution in [0.2, 0.25) is 0 Å². The van der Waals surface area contributed by atoms with Gasteiger partial charge in [-0.2, -0.15) is 13.2 Å². The third-order valence-corrected chi connectivity index (χ3v) is 6.78. The molecule has 6 nitrogen and oxygen atoms in total. The van der Waals surface area contributed by atoms with E-state index in [1.807, 2.05) is 0 Å². The summed E-state index contributed by atoms with van der Waals surface area (Å²) < 4.78 is 77.8. The van der Waals surface area contributed by atoms with E-state index in [0.29, 0.717) is 42.7 Å². The Morgan fingerprint density at radius 2 is 1.70 bits per heavy atom. The molecule has 0 N–H and O–H groups in total. The molecule has 0 amide bonds. The third kappa shape index (κ3) is 4.42. The zero-order valence-corrected chi connectivity index (χ0v) is 19.8. The molecule has 4 aromatic rings. The van der Waals surface area contributed by atoms with Gasteiger partial charge in [0.2, 0.25) is 0 Å². The second kappa shape index (κ2) is 9.53. The van der Waals surface area contributed by atoms with Gasteiger partial charge in [0.05, 0.1) is 24.7 Å². The summed E-state index contributed by atoms with van der Waals surface area (Å²) >= 11 is 0. The third-order valence-electron chi connectivity index (χ3n) is 6.78. The molecule has 2 aromatic carbocycles. The highest BCUT2D eigenvalue weighted by atomic mass is 19.4. The topological polar surface area (TPSA) is 52.3 Å². The largest absolute Gasteiger partial charge is 0.494 e. The summed E-state index contributed by atoms with van der Waals surface area (Å²) in [6, 6.07) is 9.31. The summed E-state index contributed by atoms with van der Waals surface area (Å²) in [4.78, 5) is 19.2. The number of hydrogen-bond acceptors (Lipinski definition) is 4. The zero-order valence-electron chi connectivity index (χ0n) is 19.8. The number of anilines is 1. The Balaban J connectivity index is 1.55. The Bertz CT molecular complexity index is 1480. The van der Waals surface area contributed by atoms with Gasteiger partial charge in [0.15, 0.2) is 0 Å². The molecule has 1 aliphatic rings. The average molecular weight is 518 g/mol. The number of methoxy groups -OCH3 is 1. The predicted octanol–water partition coefficient (Wildman–Crippen LogP) is 5.39. The minimum absolute atomic E-state index is 0.103. The first-order chi connectivity index (χ1) is 17.7. The normalized spacial score (nSPS) is 14.9. The van der Waals surface area contributed by atoms with E-state index in [1.54, 1.807) is 27.7 Å². The molecule has 11 heteroatoms. The van der Waals surface area contributed by atoms with Crippen molar-refractivity contribution < 1.29 is 26.7 Å². The molecule has 0 radical (unpaired) electrons. The molecule has 194 valence electrons. The van der Waals surface area contributed by atoms with Crippen LogP contribution in [0.15, 0.2) is 59.7 Å². The van der Waals surface area contributed by atoms with Crippen molar-refractivity contribution in [2.24, 2.45) is 0 Å². The van der Waals surface area contributed by atoms with Gasteiger partial charge >= 0.3 is 11.9 Å². The minimum Gasteiger partial charge on any atom is -0.494 e. The first kappa shape index (κ1) is 24.8. The summed E-state index contributed by atoms with van der Waals surface area (Å²) in [7, 11) is 1.42. The standard InChI is InChI=1S/C26H23F5N4O2/c1-37-22-7-3-6-21-24(22)34(15-16-14-32-11-8-18(16)26(29,30)31)25(36)35(21)17-9-12-33(13-10-17)23-19(27)4-2-5-20(23)28/h2-8,11,14,17H,9-10,12-13,15H2,1H3. The van der Waals surface area contributed by atoms with Crippen LogP contribution >= 0.6 is 0 Å². The number of pyridine rings is 1. The molecule has 5 rings (SSSR count). The lowest BCUT2D eigenvalue weighted by molar-refractivity contribution is -0.138. The van der Waals surface area contributed by atoms with Crippen LogP contribution in [0.4, 0.5) is 27.6 Å². The van der Waals surface area contributed by atoms with Crippen LogP contribution in [-0.4, -0.2) is 34.3 Å². The number of benzene rings is 2. The number of para-hydroxylation sites is 2. The van der Waals surface area contributed by atoms with Gasteiger partial charge < -0.3 is 9.64 Å². The average Bonchev–Trinajstić information content (AvgIpc) is 3.15. The van der Waals surface area contributed by atoms with Crippen LogP contribution in [0, 0.1) is 11.6 Å². The van der Waals surface area contributed by atoms with Gasteiger partial charge in [0.25, 0.3) is 0 Å². The van der Waals surface area contributed by atoms with Crippen molar-refractivity contribution in [1.29, 1.82) is 0 Å². The smallest absolute Gasteiger partial charge is 0.416 e. The Morgan fingerprint density at radius 3 is 2.35 bits per heavy atom. The number of rotatable bonds is 5. The summed E-state index contributed by atoms with van der Waals surface area (Å²) in [5.74, 6) is -0.973. The van der Waals surface area contributed by atoms with Gasteiger partial charge in [-0.3, -0.25) is 14.1 Å². The maximum Gasteiger partial charge on any atom is 0.416 e. The SMILES string of the molecule is COc1cccc2c1n(Cc1cnccc1C(F)(F)F)c(=O)n2C1CCN(c2c(F)cccc2F)CC1. The Kier molecular flexibility index (Phi) is 6.38. The highest BCUT2D eigenvalue weighted by Crippen LogP contribution is 2.35. The fraction of sp³-hybridized carbons (Fsp3) is 0.308. The Morgan fingerprint density at radius 1 is 1.03 bits per heavy atom. The highest BCUT2D eigenvalue weighted by molar-refractivity contribution is 5.83. The van der Waals surface area contributed by atoms with Crippen LogP contribution in [0.1, 0.15) is 30.0 Å². The van der Waals surface area contributed by atoms with Gasteiger partial charge in [0.1, 0.15) is 28.6 Å². The van der Waals surface area contributed by atoms with Crippen molar-refractivity contribution in [3.63, 3.8) is 0 Å². The number of imidazole rings is 1. The predicted molar refractivity (Wildman–Crippen MR) is 128 cm³/mol. The molecule has 0 saturated carbocycles. The van der Waals surface area contributed by atoms with Crippen molar-refractivity contribution >= 4 is 16.7 Å². The summed E-state index contributed by atoms with van der Waals surface area (Å²) in [6.45, 7) is 0.240. The second-order valence-electron chi connectivity index (χ2n) is 8.89. The highest BCUT2D eigenvalue weighted by Gasteiger charge is 2.34. The fourth-order valence-corrected chi connectivity index (χ4v) is 5.11. The molecule has 3 heterocycles. The van der Waals surface area contributed by atoms with E-state index in [-0.39, 0.29) is 23.8 Å². The second-order valence-corrected chi connectivity index (χ2v) is 8.89.